The second-order valence-corrected chi connectivity index (χ2v) is 5.91. The number of hydrogen-bond acceptors (Lipinski definition) is 4. The molecule has 1 heterocycles. The van der Waals surface area contributed by atoms with Gasteiger partial charge in [0.05, 0.1) is 5.60 Å². The molecule has 0 amide bonds. The van der Waals surface area contributed by atoms with E-state index in [4.69, 9.17) is 10.6 Å². The molecule has 2 unspecified atom stereocenters. The van der Waals surface area contributed by atoms with Crippen molar-refractivity contribution >= 4 is 0 Å². The predicted molar refractivity (Wildman–Crippen MR) is 74.6 cm³/mol. The van der Waals surface area contributed by atoms with Crippen molar-refractivity contribution in [2.24, 2.45) is 5.84 Å². The van der Waals surface area contributed by atoms with Crippen LogP contribution < -0.4 is 11.3 Å². The van der Waals surface area contributed by atoms with Crippen LogP contribution in [-0.2, 0) is 11.2 Å². The van der Waals surface area contributed by atoms with Crippen LogP contribution >= 0.6 is 0 Å². The van der Waals surface area contributed by atoms with E-state index in [0.717, 1.165) is 32.1 Å². The molecule has 1 aromatic rings. The number of ether oxygens (including phenoxy) is 1. The molecule has 2 atom stereocenters. The number of hydrogen-bond donors (Lipinski definition) is 2. The Morgan fingerprint density at radius 1 is 1.58 bits per heavy atom. The number of nitrogens with one attached hydrogen (secondary N) is 1. The highest BCUT2D eigenvalue weighted by atomic mass is 16.5. The van der Waals surface area contributed by atoms with E-state index in [1.807, 2.05) is 19.4 Å². The average Bonchev–Trinajstić information content (AvgIpc) is 2.83. The Kier molecular flexibility index (Phi) is 3.56. The molecule has 0 radical (unpaired) electrons. The van der Waals surface area contributed by atoms with Crippen LogP contribution in [0.1, 0.15) is 49.3 Å². The molecule has 4 nitrogen and oxygen atoms in total. The maximum atomic E-state index is 5.82. The lowest BCUT2D eigenvalue weighted by atomic mass is 9.73. The molecule has 0 saturated heterocycles. The number of pyridine rings is 1. The molecule has 1 fully saturated rings. The zero-order valence-electron chi connectivity index (χ0n) is 11.6. The molecule has 2 aliphatic rings. The van der Waals surface area contributed by atoms with Gasteiger partial charge in [-0.1, -0.05) is 6.07 Å². The molecule has 1 aromatic heterocycles. The third kappa shape index (κ3) is 2.29. The van der Waals surface area contributed by atoms with Crippen molar-refractivity contribution in [3.8, 4) is 0 Å². The van der Waals surface area contributed by atoms with Crippen LogP contribution in [-0.4, -0.2) is 23.7 Å². The Balaban J connectivity index is 1.77. The molecule has 0 bridgehead atoms. The minimum Gasteiger partial charge on any atom is -0.378 e. The van der Waals surface area contributed by atoms with Gasteiger partial charge in [-0.05, 0) is 50.2 Å². The summed E-state index contributed by atoms with van der Waals surface area (Å²) in [7, 11) is 1.83. The first-order chi connectivity index (χ1) is 9.28. The molecular formula is C15H23N3O. The number of rotatable bonds is 5. The van der Waals surface area contributed by atoms with Crippen molar-refractivity contribution in [1.82, 2.24) is 10.4 Å². The number of fused-ring (bicyclic) bond motifs is 1. The van der Waals surface area contributed by atoms with Crippen LogP contribution in [0, 0.1) is 0 Å². The van der Waals surface area contributed by atoms with Gasteiger partial charge in [0.2, 0.25) is 0 Å². The van der Waals surface area contributed by atoms with Gasteiger partial charge in [0.15, 0.2) is 0 Å². The molecule has 2 aliphatic carbocycles. The molecule has 0 aliphatic heterocycles. The van der Waals surface area contributed by atoms with Crippen LogP contribution in [0.3, 0.4) is 0 Å². The minimum atomic E-state index is 0.0502. The number of nitrogens with zero attached hydrogens (tertiary/aromatic N) is 1. The Morgan fingerprint density at radius 3 is 3.05 bits per heavy atom. The van der Waals surface area contributed by atoms with E-state index in [-0.39, 0.29) is 11.6 Å². The van der Waals surface area contributed by atoms with Crippen LogP contribution in [0.25, 0.3) is 0 Å². The van der Waals surface area contributed by atoms with Gasteiger partial charge in [-0.3, -0.25) is 16.3 Å². The Morgan fingerprint density at radius 2 is 2.42 bits per heavy atom. The van der Waals surface area contributed by atoms with Gasteiger partial charge in [-0.25, -0.2) is 0 Å². The normalized spacial score (nSPS) is 25.7. The van der Waals surface area contributed by atoms with Crippen molar-refractivity contribution in [2.75, 3.05) is 7.11 Å². The smallest absolute Gasteiger partial charge is 0.0694 e. The SMILES string of the molecule is COC1(CC(NN)C2CCc3cccnc32)CCC1. The van der Waals surface area contributed by atoms with E-state index in [2.05, 4.69) is 16.5 Å². The summed E-state index contributed by atoms with van der Waals surface area (Å²) in [5, 5.41) is 0. The van der Waals surface area contributed by atoms with Gasteiger partial charge in [-0.15, -0.1) is 0 Å². The number of hydrazine groups is 1. The molecular weight excluding hydrogens is 238 g/mol. The van der Waals surface area contributed by atoms with Crippen molar-refractivity contribution < 1.29 is 4.74 Å². The van der Waals surface area contributed by atoms with Gasteiger partial charge < -0.3 is 4.74 Å². The van der Waals surface area contributed by atoms with Crippen molar-refractivity contribution in [3.05, 3.63) is 29.6 Å². The van der Waals surface area contributed by atoms with Crippen molar-refractivity contribution in [2.45, 2.75) is 56.1 Å². The van der Waals surface area contributed by atoms with Crippen LogP contribution in [0.5, 0.6) is 0 Å². The molecule has 1 saturated carbocycles. The van der Waals surface area contributed by atoms with Crippen LogP contribution in [0.15, 0.2) is 18.3 Å². The molecule has 0 aromatic carbocycles. The highest BCUT2D eigenvalue weighted by Crippen LogP contribution is 2.43. The first-order valence-corrected chi connectivity index (χ1v) is 7.23. The average molecular weight is 261 g/mol. The van der Waals surface area contributed by atoms with Gasteiger partial charge in [0.1, 0.15) is 0 Å². The van der Waals surface area contributed by atoms with Crippen molar-refractivity contribution in [1.29, 1.82) is 0 Å². The summed E-state index contributed by atoms with van der Waals surface area (Å²) in [5.74, 6) is 6.24. The lowest BCUT2D eigenvalue weighted by molar-refractivity contribution is -0.0850. The van der Waals surface area contributed by atoms with Gasteiger partial charge in [0.25, 0.3) is 0 Å². The molecule has 4 heteroatoms. The maximum absolute atomic E-state index is 5.82. The number of nitrogens with two attached hydrogens (primary N) is 1. The van der Waals surface area contributed by atoms with Gasteiger partial charge in [-0.2, -0.15) is 0 Å². The van der Waals surface area contributed by atoms with Crippen LogP contribution in [0.4, 0.5) is 0 Å². The fraction of sp³-hybridized carbons (Fsp3) is 0.667. The third-order valence-electron chi connectivity index (χ3n) is 4.99. The zero-order chi connectivity index (χ0) is 13.3. The molecule has 3 rings (SSSR count). The summed E-state index contributed by atoms with van der Waals surface area (Å²) in [6.07, 6.45) is 8.71. The lowest BCUT2D eigenvalue weighted by Crippen LogP contribution is -2.49. The summed E-state index contributed by atoms with van der Waals surface area (Å²) in [4.78, 5) is 4.57. The summed E-state index contributed by atoms with van der Waals surface area (Å²) >= 11 is 0. The summed E-state index contributed by atoms with van der Waals surface area (Å²) in [5.41, 5.74) is 5.69. The molecule has 3 N–H and O–H groups in total. The summed E-state index contributed by atoms with van der Waals surface area (Å²) < 4.78 is 5.74. The largest absolute Gasteiger partial charge is 0.378 e. The first kappa shape index (κ1) is 13.0. The maximum Gasteiger partial charge on any atom is 0.0694 e. The number of aryl methyl sites for hydroxylation is 1. The van der Waals surface area contributed by atoms with Crippen molar-refractivity contribution in [3.63, 3.8) is 0 Å². The molecule has 104 valence electrons. The predicted octanol–water partition coefficient (Wildman–Crippen LogP) is 1.90. The molecule has 19 heavy (non-hydrogen) atoms. The topological polar surface area (TPSA) is 60.2 Å². The molecule has 0 spiro atoms. The fourth-order valence-corrected chi connectivity index (χ4v) is 3.62. The highest BCUT2D eigenvalue weighted by Gasteiger charge is 2.42. The lowest BCUT2D eigenvalue weighted by Gasteiger charge is -2.43. The Hall–Kier alpha value is -0.970. The number of methoxy groups -OCH3 is 1. The second kappa shape index (κ2) is 5.19. The van der Waals surface area contributed by atoms with E-state index < -0.39 is 0 Å². The highest BCUT2D eigenvalue weighted by molar-refractivity contribution is 5.30. The standard InChI is InChI=1S/C15H23N3O/c1-19-15(7-3-8-15)10-13(18-16)12-6-5-11-4-2-9-17-14(11)12/h2,4,9,12-13,18H,3,5-8,10,16H2,1H3. The van der Waals surface area contributed by atoms with E-state index in [1.165, 1.54) is 17.7 Å². The monoisotopic (exact) mass is 261 g/mol. The van der Waals surface area contributed by atoms with Crippen LogP contribution in [0.2, 0.25) is 0 Å². The summed E-state index contributed by atoms with van der Waals surface area (Å²) in [6, 6.07) is 4.47. The first-order valence-electron chi connectivity index (χ1n) is 7.23. The Bertz CT molecular complexity index is 439. The zero-order valence-corrected chi connectivity index (χ0v) is 11.6. The van der Waals surface area contributed by atoms with E-state index >= 15 is 0 Å². The van der Waals surface area contributed by atoms with Gasteiger partial charge in [0, 0.05) is 31.0 Å². The Labute approximate surface area is 114 Å². The fourth-order valence-electron chi connectivity index (χ4n) is 3.62. The second-order valence-electron chi connectivity index (χ2n) is 5.91. The van der Waals surface area contributed by atoms with E-state index in [0.29, 0.717) is 5.92 Å². The minimum absolute atomic E-state index is 0.0502. The van der Waals surface area contributed by atoms with Gasteiger partial charge >= 0.3 is 0 Å². The van der Waals surface area contributed by atoms with E-state index in [1.54, 1.807) is 0 Å². The number of aromatic nitrogens is 1. The van der Waals surface area contributed by atoms with E-state index in [9.17, 15) is 0 Å². The quantitative estimate of drug-likeness (QED) is 0.628. The third-order valence-corrected chi connectivity index (χ3v) is 4.99. The summed E-state index contributed by atoms with van der Waals surface area (Å²) in [6.45, 7) is 0.